The van der Waals surface area contributed by atoms with Gasteiger partial charge in [-0.25, -0.2) is 10.0 Å². The van der Waals surface area contributed by atoms with Crippen molar-refractivity contribution in [3.8, 4) is 5.69 Å². The van der Waals surface area contributed by atoms with Gasteiger partial charge in [0.05, 0.1) is 11.4 Å². The molecule has 2 amide bonds. The molecule has 1 aliphatic rings. The molecule has 8 nitrogen and oxygen atoms in total. The largest absolute Gasteiger partial charge is 0.375 e. The van der Waals surface area contributed by atoms with Gasteiger partial charge in [0, 0.05) is 20.2 Å². The number of nitrogens with zero attached hydrogens (tertiary/aromatic N) is 5. The fourth-order valence-corrected chi connectivity index (χ4v) is 2.66. The summed E-state index contributed by atoms with van der Waals surface area (Å²) < 4.78 is 4.87. The van der Waals surface area contributed by atoms with E-state index < -0.39 is 0 Å². The Hall–Kier alpha value is -2.74. The second-order valence-corrected chi connectivity index (χ2v) is 5.49. The average Bonchev–Trinajstić information content (AvgIpc) is 3.22. The Morgan fingerprint density at radius 1 is 1.12 bits per heavy atom. The number of hydrogen-bond donors (Lipinski definition) is 0. The molecule has 0 saturated carbocycles. The van der Waals surface area contributed by atoms with E-state index in [0.29, 0.717) is 18.8 Å². The summed E-state index contributed by atoms with van der Waals surface area (Å²) in [5, 5.41) is 11.5. The summed E-state index contributed by atoms with van der Waals surface area (Å²) >= 11 is 0. The molecular weight excluding hydrogens is 310 g/mol. The number of amides is 2. The van der Waals surface area contributed by atoms with Crippen LogP contribution in [-0.2, 0) is 9.53 Å². The normalized spacial score (nSPS) is 14.2. The second kappa shape index (κ2) is 6.79. The van der Waals surface area contributed by atoms with Gasteiger partial charge in [0.1, 0.15) is 6.61 Å². The van der Waals surface area contributed by atoms with Crippen LogP contribution in [-0.4, -0.2) is 63.6 Å². The van der Waals surface area contributed by atoms with Crippen molar-refractivity contribution < 1.29 is 14.3 Å². The number of ether oxygens (including phenoxy) is 1. The summed E-state index contributed by atoms with van der Waals surface area (Å²) in [5.41, 5.74) is 1.54. The molecule has 1 fully saturated rings. The van der Waals surface area contributed by atoms with Crippen LogP contribution in [0.25, 0.3) is 5.69 Å². The van der Waals surface area contributed by atoms with Crippen LogP contribution in [0.15, 0.2) is 30.3 Å². The highest BCUT2D eigenvalue weighted by molar-refractivity contribution is 5.95. The summed E-state index contributed by atoms with van der Waals surface area (Å²) in [4.78, 5) is 26.3. The zero-order valence-corrected chi connectivity index (χ0v) is 13.7. The van der Waals surface area contributed by atoms with Gasteiger partial charge in [-0.1, -0.05) is 18.2 Å². The second-order valence-electron chi connectivity index (χ2n) is 5.49. The fourth-order valence-electron chi connectivity index (χ4n) is 2.66. The maximum Gasteiger partial charge on any atom is 0.294 e. The summed E-state index contributed by atoms with van der Waals surface area (Å²) in [6.07, 6.45) is 0.729. The lowest BCUT2D eigenvalue weighted by Gasteiger charge is -2.27. The number of carbonyl (C=O) groups excluding carboxylic acids is 2. The molecule has 1 saturated heterocycles. The SMILES string of the molecule is COCC(=O)N1CCCN1C(=O)c1nn(-c2ccccc2)nc1C. The number of hydrogen-bond acceptors (Lipinski definition) is 5. The van der Waals surface area contributed by atoms with Crippen molar-refractivity contribution in [3.63, 3.8) is 0 Å². The minimum absolute atomic E-state index is 0.0561. The van der Waals surface area contributed by atoms with Gasteiger partial charge in [0.2, 0.25) is 0 Å². The minimum Gasteiger partial charge on any atom is -0.375 e. The van der Waals surface area contributed by atoms with Gasteiger partial charge >= 0.3 is 0 Å². The Morgan fingerprint density at radius 3 is 2.54 bits per heavy atom. The van der Waals surface area contributed by atoms with Gasteiger partial charge in [-0.3, -0.25) is 9.59 Å². The van der Waals surface area contributed by atoms with E-state index in [4.69, 9.17) is 4.74 Å². The fraction of sp³-hybridized carbons (Fsp3) is 0.375. The molecule has 3 rings (SSSR count). The Morgan fingerprint density at radius 2 is 1.83 bits per heavy atom. The van der Waals surface area contributed by atoms with Crippen molar-refractivity contribution in [1.82, 2.24) is 25.0 Å². The van der Waals surface area contributed by atoms with E-state index in [1.54, 1.807) is 6.92 Å². The third kappa shape index (κ3) is 3.00. The Balaban J connectivity index is 1.85. The molecule has 0 spiro atoms. The molecule has 1 aliphatic heterocycles. The number of para-hydroxylation sites is 1. The topological polar surface area (TPSA) is 80.6 Å². The van der Waals surface area contributed by atoms with Crippen LogP contribution in [0.1, 0.15) is 22.6 Å². The van der Waals surface area contributed by atoms with Crippen molar-refractivity contribution in [3.05, 3.63) is 41.7 Å². The lowest BCUT2D eigenvalue weighted by molar-refractivity contribution is -0.144. The average molecular weight is 329 g/mol. The number of aromatic nitrogens is 3. The van der Waals surface area contributed by atoms with Crippen molar-refractivity contribution in [2.75, 3.05) is 26.8 Å². The highest BCUT2D eigenvalue weighted by Crippen LogP contribution is 2.17. The number of rotatable bonds is 4. The van der Waals surface area contributed by atoms with E-state index in [1.165, 1.54) is 21.9 Å². The van der Waals surface area contributed by atoms with E-state index in [9.17, 15) is 9.59 Å². The molecule has 0 bridgehead atoms. The van der Waals surface area contributed by atoms with Crippen LogP contribution in [0, 0.1) is 6.92 Å². The standard InChI is InChI=1S/C16H19N5O3/c1-12-15(18-21(17-12)13-7-4-3-5-8-13)16(23)20-10-6-9-19(20)14(22)11-24-2/h3-5,7-8H,6,9-11H2,1-2H3. The van der Waals surface area contributed by atoms with Gasteiger partial charge in [-0.05, 0) is 25.5 Å². The van der Waals surface area contributed by atoms with E-state index in [2.05, 4.69) is 10.2 Å². The predicted molar refractivity (Wildman–Crippen MR) is 85.3 cm³/mol. The first-order valence-corrected chi connectivity index (χ1v) is 7.72. The monoisotopic (exact) mass is 329 g/mol. The van der Waals surface area contributed by atoms with Crippen molar-refractivity contribution >= 4 is 11.8 Å². The minimum atomic E-state index is -0.323. The van der Waals surface area contributed by atoms with Gasteiger partial charge in [-0.15, -0.1) is 5.10 Å². The number of hydrazine groups is 1. The van der Waals surface area contributed by atoms with Crippen LogP contribution in [0.3, 0.4) is 0 Å². The first kappa shape index (κ1) is 16.1. The lowest BCUT2D eigenvalue weighted by Crippen LogP contribution is -2.46. The van der Waals surface area contributed by atoms with Crippen LogP contribution in [0.2, 0.25) is 0 Å². The molecule has 0 atom stereocenters. The third-order valence-corrected chi connectivity index (χ3v) is 3.79. The van der Waals surface area contributed by atoms with E-state index in [1.807, 2.05) is 30.3 Å². The molecule has 1 aromatic heterocycles. The lowest BCUT2D eigenvalue weighted by atomic mass is 10.3. The zero-order chi connectivity index (χ0) is 17.1. The molecule has 0 unspecified atom stereocenters. The molecule has 8 heteroatoms. The van der Waals surface area contributed by atoms with Gasteiger partial charge in [0.25, 0.3) is 11.8 Å². The number of aryl methyl sites for hydroxylation is 1. The number of methoxy groups -OCH3 is 1. The van der Waals surface area contributed by atoms with Crippen LogP contribution < -0.4 is 0 Å². The molecular formula is C16H19N5O3. The molecule has 0 aliphatic carbocycles. The zero-order valence-electron chi connectivity index (χ0n) is 13.7. The summed E-state index contributed by atoms with van der Waals surface area (Å²) in [6, 6.07) is 9.37. The van der Waals surface area contributed by atoms with Crippen molar-refractivity contribution in [2.24, 2.45) is 0 Å². The predicted octanol–water partition coefficient (Wildman–Crippen LogP) is 0.812. The van der Waals surface area contributed by atoms with Crippen LogP contribution in [0.5, 0.6) is 0 Å². The molecule has 0 N–H and O–H groups in total. The molecule has 24 heavy (non-hydrogen) atoms. The molecule has 2 heterocycles. The van der Waals surface area contributed by atoms with Gasteiger partial charge in [0.15, 0.2) is 5.69 Å². The number of benzene rings is 1. The van der Waals surface area contributed by atoms with E-state index in [-0.39, 0.29) is 24.1 Å². The summed E-state index contributed by atoms with van der Waals surface area (Å²) in [7, 11) is 1.45. The molecule has 1 aromatic carbocycles. The third-order valence-electron chi connectivity index (χ3n) is 3.79. The maximum absolute atomic E-state index is 12.8. The Bertz CT molecular complexity index is 743. The molecule has 2 aromatic rings. The van der Waals surface area contributed by atoms with Crippen molar-refractivity contribution in [2.45, 2.75) is 13.3 Å². The van der Waals surface area contributed by atoms with Gasteiger partial charge in [-0.2, -0.15) is 9.90 Å². The van der Waals surface area contributed by atoms with Crippen LogP contribution in [0.4, 0.5) is 0 Å². The smallest absolute Gasteiger partial charge is 0.294 e. The highest BCUT2D eigenvalue weighted by Gasteiger charge is 2.33. The number of carbonyl (C=O) groups is 2. The molecule has 126 valence electrons. The first-order chi connectivity index (χ1) is 11.6. The summed E-state index contributed by atoms with van der Waals surface area (Å²) in [6.45, 7) is 2.66. The van der Waals surface area contributed by atoms with E-state index >= 15 is 0 Å². The Kier molecular flexibility index (Phi) is 4.57. The summed E-state index contributed by atoms with van der Waals surface area (Å²) in [5.74, 6) is -0.562. The maximum atomic E-state index is 12.8. The van der Waals surface area contributed by atoms with Crippen molar-refractivity contribution in [1.29, 1.82) is 0 Å². The first-order valence-electron chi connectivity index (χ1n) is 7.72. The highest BCUT2D eigenvalue weighted by atomic mass is 16.5. The van der Waals surface area contributed by atoms with Crippen LogP contribution >= 0.6 is 0 Å². The Labute approximate surface area is 139 Å². The van der Waals surface area contributed by atoms with E-state index in [0.717, 1.165) is 12.1 Å². The van der Waals surface area contributed by atoms with Gasteiger partial charge < -0.3 is 4.74 Å². The molecule has 0 radical (unpaired) electrons. The quantitative estimate of drug-likeness (QED) is 0.829.